The van der Waals surface area contributed by atoms with Gasteiger partial charge < -0.3 is 19.5 Å². The number of ether oxygens (including phenoxy) is 1. The highest BCUT2D eigenvalue weighted by molar-refractivity contribution is 7.80. The third-order valence-corrected chi connectivity index (χ3v) is 6.57. The summed E-state index contributed by atoms with van der Waals surface area (Å²) >= 11 is 5.86. The summed E-state index contributed by atoms with van der Waals surface area (Å²) in [6.07, 6.45) is 1.83. The summed E-state index contributed by atoms with van der Waals surface area (Å²) in [7, 11) is 1.68. The number of anilines is 1. The number of thiocarbonyl (C=S) groups is 1. The lowest BCUT2D eigenvalue weighted by atomic mass is 9.96. The van der Waals surface area contributed by atoms with Gasteiger partial charge in [0.1, 0.15) is 5.75 Å². The molecule has 0 amide bonds. The van der Waals surface area contributed by atoms with Gasteiger partial charge in [-0.3, -0.25) is 4.98 Å². The van der Waals surface area contributed by atoms with E-state index in [1.165, 1.54) is 17.0 Å². The molecule has 0 spiro atoms. The molecule has 2 aromatic heterocycles. The van der Waals surface area contributed by atoms with Gasteiger partial charge in [-0.1, -0.05) is 24.3 Å². The van der Waals surface area contributed by atoms with Gasteiger partial charge in [-0.25, -0.2) is 0 Å². The Hall–Kier alpha value is -3.64. The molecule has 1 aliphatic heterocycles. The van der Waals surface area contributed by atoms with Crippen LogP contribution in [0.25, 0.3) is 5.69 Å². The molecule has 166 valence electrons. The number of hydrogen-bond donors (Lipinski definition) is 1. The van der Waals surface area contributed by atoms with Crippen molar-refractivity contribution in [1.29, 1.82) is 0 Å². The van der Waals surface area contributed by atoms with E-state index < -0.39 is 0 Å². The SMILES string of the molecule is COc1ccc(N2C(=S)N[C@H](c3ccccn3)[C@@H]2c2cc(C)n(-c3ccccc3)c2C)cc1. The van der Waals surface area contributed by atoms with Crippen molar-refractivity contribution in [3.63, 3.8) is 0 Å². The maximum absolute atomic E-state index is 5.86. The van der Waals surface area contributed by atoms with E-state index in [0.29, 0.717) is 5.11 Å². The molecule has 0 bridgehead atoms. The van der Waals surface area contributed by atoms with Crippen LogP contribution >= 0.6 is 12.2 Å². The van der Waals surface area contributed by atoms with E-state index >= 15 is 0 Å². The fourth-order valence-electron chi connectivity index (χ4n) is 4.75. The lowest BCUT2D eigenvalue weighted by Crippen LogP contribution is -2.29. The highest BCUT2D eigenvalue weighted by Gasteiger charge is 2.42. The molecule has 5 nitrogen and oxygen atoms in total. The zero-order valence-corrected chi connectivity index (χ0v) is 19.7. The standard InChI is InChI=1S/C27H26N4OS/c1-18-17-23(19(2)30(18)20-9-5-4-6-10-20)26-25(24-11-7-8-16-28-24)29-27(33)31(26)21-12-14-22(32-3)15-13-21/h4-17,25-26H,1-3H3,(H,29,33)/t25-,26+/m1/s1. The second kappa shape index (κ2) is 8.71. The van der Waals surface area contributed by atoms with Gasteiger partial charge in [0, 0.05) is 29.0 Å². The summed E-state index contributed by atoms with van der Waals surface area (Å²) in [6, 6.07) is 26.7. The van der Waals surface area contributed by atoms with Crippen molar-refractivity contribution in [2.45, 2.75) is 25.9 Å². The molecule has 6 heteroatoms. The zero-order chi connectivity index (χ0) is 22.9. The summed E-state index contributed by atoms with van der Waals surface area (Å²) in [6.45, 7) is 4.33. The van der Waals surface area contributed by atoms with Gasteiger partial charge in [0.25, 0.3) is 0 Å². The first-order chi connectivity index (χ1) is 16.1. The van der Waals surface area contributed by atoms with Crippen LogP contribution in [0, 0.1) is 13.8 Å². The van der Waals surface area contributed by atoms with E-state index in [-0.39, 0.29) is 12.1 Å². The summed E-state index contributed by atoms with van der Waals surface area (Å²) in [5.41, 5.74) is 6.72. The molecule has 0 aliphatic carbocycles. The van der Waals surface area contributed by atoms with Crippen molar-refractivity contribution in [2.24, 2.45) is 0 Å². The van der Waals surface area contributed by atoms with Crippen molar-refractivity contribution in [3.05, 3.63) is 108 Å². The molecule has 0 saturated carbocycles. The number of nitrogens with zero attached hydrogens (tertiary/aromatic N) is 3. The second-order valence-corrected chi connectivity index (χ2v) is 8.58. The zero-order valence-electron chi connectivity index (χ0n) is 18.9. The third kappa shape index (κ3) is 3.76. The van der Waals surface area contributed by atoms with E-state index in [9.17, 15) is 0 Å². The van der Waals surface area contributed by atoms with E-state index in [1.54, 1.807) is 7.11 Å². The summed E-state index contributed by atoms with van der Waals surface area (Å²) < 4.78 is 7.67. The van der Waals surface area contributed by atoms with Crippen LogP contribution in [0.5, 0.6) is 5.75 Å². The van der Waals surface area contributed by atoms with Crippen molar-refractivity contribution in [3.8, 4) is 11.4 Å². The maximum atomic E-state index is 5.86. The van der Waals surface area contributed by atoms with Gasteiger partial charge in [-0.15, -0.1) is 0 Å². The molecule has 1 N–H and O–H groups in total. The molecule has 2 aromatic carbocycles. The van der Waals surface area contributed by atoms with E-state index in [1.807, 2.05) is 36.5 Å². The van der Waals surface area contributed by atoms with E-state index in [4.69, 9.17) is 17.0 Å². The lowest BCUT2D eigenvalue weighted by molar-refractivity contribution is 0.415. The smallest absolute Gasteiger partial charge is 0.174 e. The number of rotatable bonds is 5. The Labute approximate surface area is 199 Å². The van der Waals surface area contributed by atoms with E-state index in [2.05, 4.69) is 82.1 Å². The Bertz CT molecular complexity index is 1270. The van der Waals surface area contributed by atoms with Crippen LogP contribution in [0.2, 0.25) is 0 Å². The lowest BCUT2D eigenvalue weighted by Gasteiger charge is -2.28. The molecule has 4 aromatic rings. The first-order valence-electron chi connectivity index (χ1n) is 11.0. The van der Waals surface area contributed by atoms with Crippen LogP contribution in [0.15, 0.2) is 85.1 Å². The molecule has 1 fully saturated rings. The fraction of sp³-hybridized carbons (Fsp3) is 0.185. The van der Waals surface area contributed by atoms with Gasteiger partial charge in [-0.2, -0.15) is 0 Å². The number of aromatic nitrogens is 2. The Morgan fingerprint density at radius 3 is 2.30 bits per heavy atom. The minimum atomic E-state index is -0.0782. The maximum Gasteiger partial charge on any atom is 0.174 e. The summed E-state index contributed by atoms with van der Waals surface area (Å²) in [5, 5.41) is 4.23. The topological polar surface area (TPSA) is 42.3 Å². The van der Waals surface area contributed by atoms with Crippen molar-refractivity contribution in [2.75, 3.05) is 12.0 Å². The molecule has 5 rings (SSSR count). The average Bonchev–Trinajstić information content (AvgIpc) is 3.35. The number of para-hydroxylation sites is 1. The van der Waals surface area contributed by atoms with Gasteiger partial charge in [0.2, 0.25) is 0 Å². The predicted octanol–water partition coefficient (Wildman–Crippen LogP) is 5.67. The van der Waals surface area contributed by atoms with Crippen LogP contribution in [-0.4, -0.2) is 21.8 Å². The van der Waals surface area contributed by atoms with Crippen LogP contribution in [-0.2, 0) is 0 Å². The highest BCUT2D eigenvalue weighted by atomic mass is 32.1. The number of nitrogens with one attached hydrogen (secondary N) is 1. The van der Waals surface area contributed by atoms with E-state index in [0.717, 1.165) is 22.8 Å². The molecule has 0 unspecified atom stereocenters. The minimum Gasteiger partial charge on any atom is -0.497 e. The molecule has 1 saturated heterocycles. The van der Waals surface area contributed by atoms with Crippen LogP contribution in [0.3, 0.4) is 0 Å². The van der Waals surface area contributed by atoms with Crippen LogP contribution < -0.4 is 15.0 Å². The number of benzene rings is 2. The largest absolute Gasteiger partial charge is 0.497 e. The Morgan fingerprint density at radius 2 is 1.64 bits per heavy atom. The molecule has 3 heterocycles. The Kier molecular flexibility index (Phi) is 5.60. The van der Waals surface area contributed by atoms with Crippen molar-refractivity contribution >= 4 is 23.0 Å². The van der Waals surface area contributed by atoms with Gasteiger partial charge in [0.15, 0.2) is 5.11 Å². The van der Waals surface area contributed by atoms with Gasteiger partial charge in [0.05, 0.1) is 24.9 Å². The Morgan fingerprint density at radius 1 is 0.909 bits per heavy atom. The molecule has 1 aliphatic rings. The summed E-state index contributed by atoms with van der Waals surface area (Å²) in [4.78, 5) is 6.87. The molecule has 33 heavy (non-hydrogen) atoms. The van der Waals surface area contributed by atoms with Crippen molar-refractivity contribution < 1.29 is 4.74 Å². The third-order valence-electron chi connectivity index (χ3n) is 6.25. The quantitative estimate of drug-likeness (QED) is 0.393. The van der Waals surface area contributed by atoms with Gasteiger partial charge in [-0.05, 0) is 86.2 Å². The molecular weight excluding hydrogens is 428 g/mol. The number of pyridine rings is 1. The normalized spacial score (nSPS) is 17.8. The minimum absolute atomic E-state index is 0.0514. The van der Waals surface area contributed by atoms with Gasteiger partial charge >= 0.3 is 0 Å². The number of hydrogen-bond acceptors (Lipinski definition) is 3. The molecule has 0 radical (unpaired) electrons. The average molecular weight is 455 g/mol. The van der Waals surface area contributed by atoms with Crippen molar-refractivity contribution in [1.82, 2.24) is 14.9 Å². The second-order valence-electron chi connectivity index (χ2n) is 8.19. The van der Waals surface area contributed by atoms with Crippen LogP contribution in [0.4, 0.5) is 5.69 Å². The fourth-order valence-corrected chi connectivity index (χ4v) is 5.10. The summed E-state index contributed by atoms with van der Waals surface area (Å²) in [5.74, 6) is 0.817. The number of aryl methyl sites for hydroxylation is 1. The monoisotopic (exact) mass is 454 g/mol. The molecule has 2 atom stereocenters. The predicted molar refractivity (Wildman–Crippen MR) is 136 cm³/mol. The first kappa shape index (κ1) is 21.2. The van der Waals surface area contributed by atoms with Crippen LogP contribution in [0.1, 0.15) is 34.7 Å². The Balaban J connectivity index is 1.66. The first-order valence-corrected chi connectivity index (χ1v) is 11.4. The number of methoxy groups -OCH3 is 1. The highest BCUT2D eigenvalue weighted by Crippen LogP contribution is 2.43. The molecular formula is C27H26N4OS.